The van der Waals surface area contributed by atoms with Crippen molar-refractivity contribution >= 4 is 77.5 Å². The smallest absolute Gasteiger partial charge is 0.0547 e. The largest absolute Gasteiger partial charge is 0.311 e. The predicted octanol–water partition coefficient (Wildman–Crippen LogP) is 19.1. The maximum atomic E-state index is 2.47. The molecule has 72 heavy (non-hydrogen) atoms. The fourth-order valence-corrected chi connectivity index (χ4v) is 11.8. The maximum absolute atomic E-state index is 2.47. The molecule has 0 saturated carbocycles. The van der Waals surface area contributed by atoms with Crippen molar-refractivity contribution in [3.05, 3.63) is 272 Å². The van der Waals surface area contributed by atoms with E-state index in [-0.39, 0.29) is 5.41 Å². The molecule has 0 saturated heterocycles. The Morgan fingerprint density at radius 2 is 0.792 bits per heavy atom. The minimum absolute atomic E-state index is 0.258. The lowest BCUT2D eigenvalue weighted by Gasteiger charge is -2.29. The van der Waals surface area contributed by atoms with Crippen LogP contribution in [0.4, 0.5) is 34.1 Å². The molecule has 14 rings (SSSR count). The highest BCUT2D eigenvalue weighted by atomic mass is 15.2. The molecule has 0 atom stereocenters. The summed E-state index contributed by atoms with van der Waals surface area (Å²) in [6.45, 7) is 4.80. The van der Waals surface area contributed by atoms with Gasteiger partial charge >= 0.3 is 0 Å². The zero-order valence-electron chi connectivity index (χ0n) is 40.2. The van der Waals surface area contributed by atoms with E-state index < -0.39 is 0 Å². The molecule has 0 unspecified atom stereocenters. The summed E-state index contributed by atoms with van der Waals surface area (Å²) in [5.74, 6) is 0. The van der Waals surface area contributed by atoms with Gasteiger partial charge in [-0.15, -0.1) is 0 Å². The molecule has 0 N–H and O–H groups in total. The highest BCUT2D eigenvalue weighted by Gasteiger charge is 2.37. The van der Waals surface area contributed by atoms with Gasteiger partial charge in [0.25, 0.3) is 0 Å². The third-order valence-corrected chi connectivity index (χ3v) is 15.3. The first-order valence-corrected chi connectivity index (χ1v) is 25.0. The fourth-order valence-electron chi connectivity index (χ4n) is 11.8. The predicted molar refractivity (Wildman–Crippen MR) is 305 cm³/mol. The Hall–Kier alpha value is -9.18. The molecule has 0 fully saturated rings. The summed E-state index contributed by atoms with van der Waals surface area (Å²) in [4.78, 5) is 4.73. The quantitative estimate of drug-likeness (QED) is 0.134. The SMILES string of the molecule is CC1(C)c2cc(-c3ccc4c5c3ccc3cccc(c35)n4-c3ccc4ccccc4c3)ccc2-c2ccc(N(c3ccc(-c4ccccc4)cc3)c3ccc(N(c4ccccc4)c4ccccc4)cc3)cc21. The first-order valence-electron chi connectivity index (χ1n) is 25.0. The summed E-state index contributed by atoms with van der Waals surface area (Å²) >= 11 is 0. The molecule has 13 aromatic rings. The van der Waals surface area contributed by atoms with Crippen LogP contribution in [0.25, 0.3) is 82.4 Å². The van der Waals surface area contributed by atoms with Crippen molar-refractivity contribution in [2.75, 3.05) is 9.80 Å². The van der Waals surface area contributed by atoms with Crippen molar-refractivity contribution < 1.29 is 0 Å². The molecule has 1 aromatic heterocycles. The van der Waals surface area contributed by atoms with Crippen LogP contribution in [0.1, 0.15) is 25.0 Å². The number of aromatic nitrogens is 1. The number of anilines is 6. The third-order valence-electron chi connectivity index (χ3n) is 15.3. The monoisotopic (exact) mass is 919 g/mol. The second-order valence-electron chi connectivity index (χ2n) is 19.7. The van der Waals surface area contributed by atoms with E-state index in [2.05, 4.69) is 289 Å². The Morgan fingerprint density at radius 1 is 0.306 bits per heavy atom. The first-order chi connectivity index (χ1) is 35.5. The van der Waals surface area contributed by atoms with Gasteiger partial charge in [0.1, 0.15) is 0 Å². The van der Waals surface area contributed by atoms with E-state index in [0.717, 1.165) is 34.1 Å². The molecular weight excluding hydrogens is 871 g/mol. The van der Waals surface area contributed by atoms with Gasteiger partial charge in [-0.1, -0.05) is 172 Å². The van der Waals surface area contributed by atoms with Crippen LogP contribution >= 0.6 is 0 Å². The molecule has 1 aliphatic carbocycles. The number of hydrogen-bond acceptors (Lipinski definition) is 2. The topological polar surface area (TPSA) is 11.4 Å². The number of nitrogens with zero attached hydrogens (tertiary/aromatic N) is 3. The number of rotatable bonds is 9. The van der Waals surface area contributed by atoms with Crippen LogP contribution in [0, 0.1) is 0 Å². The molecule has 0 radical (unpaired) electrons. The first kappa shape index (κ1) is 41.8. The zero-order chi connectivity index (χ0) is 47.9. The molecule has 340 valence electrons. The molecule has 1 aliphatic rings. The molecule has 0 amide bonds. The van der Waals surface area contributed by atoms with E-state index in [1.165, 1.54) is 93.5 Å². The van der Waals surface area contributed by atoms with Gasteiger partial charge in [0, 0.05) is 56.0 Å². The van der Waals surface area contributed by atoms with Crippen LogP contribution in [-0.2, 0) is 5.41 Å². The molecular formula is C69H49N3. The normalized spacial score (nSPS) is 12.7. The summed E-state index contributed by atoms with van der Waals surface area (Å²) in [6, 6.07) is 95.7. The average molecular weight is 920 g/mol. The van der Waals surface area contributed by atoms with E-state index in [9.17, 15) is 0 Å². The van der Waals surface area contributed by atoms with Crippen LogP contribution in [0.2, 0.25) is 0 Å². The lowest BCUT2D eigenvalue weighted by atomic mass is 9.81. The Bertz CT molecular complexity index is 4110. The van der Waals surface area contributed by atoms with Gasteiger partial charge in [0.2, 0.25) is 0 Å². The molecule has 1 heterocycles. The van der Waals surface area contributed by atoms with E-state index in [0.29, 0.717) is 0 Å². The number of hydrogen-bond donors (Lipinski definition) is 0. The van der Waals surface area contributed by atoms with E-state index in [4.69, 9.17) is 0 Å². The fraction of sp³-hybridized carbons (Fsp3) is 0.0435. The summed E-state index contributed by atoms with van der Waals surface area (Å²) in [7, 11) is 0. The molecule has 3 nitrogen and oxygen atoms in total. The Kier molecular flexibility index (Phi) is 9.56. The van der Waals surface area contributed by atoms with E-state index >= 15 is 0 Å². The standard InChI is InChI=1S/C69H49N3/c1-69(2)63-44-51(59-41-42-66-68-62(59)39-28-49-19-14-24-65(67(49)68)72(66)57-32-27-47-17-12-13-18-50(47)43-57)29-38-60(63)61-40-37-58(45-64(61)69)71(54-30-25-48(26-31-54)46-15-6-3-7-16-46)56-35-33-55(34-36-56)70(52-20-8-4-9-21-52)53-22-10-5-11-23-53/h3-45H,1-2H3. The Labute approximate surface area is 420 Å². The minimum atomic E-state index is -0.258. The van der Waals surface area contributed by atoms with Gasteiger partial charge in [-0.25, -0.2) is 0 Å². The van der Waals surface area contributed by atoms with Gasteiger partial charge in [-0.05, 0) is 169 Å². The third kappa shape index (κ3) is 6.66. The molecule has 0 aliphatic heterocycles. The van der Waals surface area contributed by atoms with Crippen molar-refractivity contribution in [3.63, 3.8) is 0 Å². The number of para-hydroxylation sites is 2. The number of benzene rings is 12. The van der Waals surface area contributed by atoms with Crippen LogP contribution < -0.4 is 9.80 Å². The molecule has 0 bridgehead atoms. The van der Waals surface area contributed by atoms with Crippen LogP contribution in [-0.4, -0.2) is 4.57 Å². The second-order valence-corrected chi connectivity index (χ2v) is 19.7. The zero-order valence-corrected chi connectivity index (χ0v) is 40.2. The Morgan fingerprint density at radius 3 is 1.49 bits per heavy atom. The summed E-state index contributed by atoms with van der Waals surface area (Å²) in [5, 5.41) is 7.68. The lowest BCUT2D eigenvalue weighted by Crippen LogP contribution is -2.17. The van der Waals surface area contributed by atoms with Crippen molar-refractivity contribution in [1.82, 2.24) is 4.57 Å². The van der Waals surface area contributed by atoms with Crippen molar-refractivity contribution in [2.24, 2.45) is 0 Å². The van der Waals surface area contributed by atoms with Gasteiger partial charge in [0.15, 0.2) is 0 Å². The van der Waals surface area contributed by atoms with E-state index in [1.54, 1.807) is 0 Å². The van der Waals surface area contributed by atoms with Gasteiger partial charge < -0.3 is 14.4 Å². The van der Waals surface area contributed by atoms with Crippen molar-refractivity contribution in [3.8, 4) is 39.1 Å². The minimum Gasteiger partial charge on any atom is -0.311 e. The van der Waals surface area contributed by atoms with Crippen molar-refractivity contribution in [1.29, 1.82) is 0 Å². The maximum Gasteiger partial charge on any atom is 0.0547 e. The second kappa shape index (κ2) is 16.5. The van der Waals surface area contributed by atoms with E-state index in [1.807, 2.05) is 0 Å². The molecule has 12 aromatic carbocycles. The van der Waals surface area contributed by atoms with Crippen LogP contribution in [0.3, 0.4) is 0 Å². The highest BCUT2D eigenvalue weighted by molar-refractivity contribution is 6.26. The molecule has 0 spiro atoms. The van der Waals surface area contributed by atoms with Gasteiger partial charge in [-0.2, -0.15) is 0 Å². The summed E-state index contributed by atoms with van der Waals surface area (Å²) < 4.78 is 2.46. The summed E-state index contributed by atoms with van der Waals surface area (Å²) in [6.07, 6.45) is 0. The van der Waals surface area contributed by atoms with Crippen LogP contribution in [0.15, 0.2) is 261 Å². The van der Waals surface area contributed by atoms with Crippen LogP contribution in [0.5, 0.6) is 0 Å². The lowest BCUT2D eigenvalue weighted by molar-refractivity contribution is 0.660. The van der Waals surface area contributed by atoms with Gasteiger partial charge in [-0.3, -0.25) is 0 Å². The summed E-state index contributed by atoms with van der Waals surface area (Å²) in [5.41, 5.74) is 20.2. The van der Waals surface area contributed by atoms with Gasteiger partial charge in [0.05, 0.1) is 11.0 Å². The molecule has 3 heteroatoms. The van der Waals surface area contributed by atoms with Crippen molar-refractivity contribution in [2.45, 2.75) is 19.3 Å². The number of fused-ring (bicyclic) bond motifs is 4. The average Bonchev–Trinajstić information content (AvgIpc) is 3.90. The highest BCUT2D eigenvalue weighted by Crippen LogP contribution is 2.53. The Balaban J connectivity index is 0.860.